The van der Waals surface area contributed by atoms with Gasteiger partial charge in [0, 0.05) is 6.21 Å². The number of aliphatic imine (C=N–C) groups is 1. The Morgan fingerprint density at radius 1 is 1.36 bits per heavy atom. The molecule has 1 heterocycles. The van der Waals surface area contributed by atoms with Crippen LogP contribution >= 0.6 is 0 Å². The van der Waals surface area contributed by atoms with Crippen molar-refractivity contribution in [1.29, 1.82) is 0 Å². The zero-order valence-electron chi connectivity index (χ0n) is 7.28. The Morgan fingerprint density at radius 3 is 2.36 bits per heavy atom. The lowest BCUT2D eigenvalue weighted by atomic mass is 9.83. The Hall–Kier alpha value is -0.630. The standard InChI is InChI=1S/C9H15NO/c1-9(2,3)8-7(11)5-4-6-10-8/h4-8,11H,1-3H3. The summed E-state index contributed by atoms with van der Waals surface area (Å²) in [4.78, 5) is 4.22. The first-order valence-electron chi connectivity index (χ1n) is 3.90. The fourth-order valence-corrected chi connectivity index (χ4v) is 1.24. The number of dihydropyridines is 1. The third-order valence-corrected chi connectivity index (χ3v) is 1.85. The van der Waals surface area contributed by atoms with Crippen LogP contribution in [0.3, 0.4) is 0 Å². The van der Waals surface area contributed by atoms with E-state index in [0.29, 0.717) is 0 Å². The van der Waals surface area contributed by atoms with Gasteiger partial charge in [-0.25, -0.2) is 0 Å². The summed E-state index contributed by atoms with van der Waals surface area (Å²) in [5.41, 5.74) is 0.0423. The van der Waals surface area contributed by atoms with E-state index in [2.05, 4.69) is 25.8 Å². The Bertz CT molecular complexity index is 188. The van der Waals surface area contributed by atoms with Crippen LogP contribution in [-0.2, 0) is 0 Å². The molecule has 0 amide bonds. The van der Waals surface area contributed by atoms with Gasteiger partial charge in [-0.15, -0.1) is 0 Å². The molecule has 1 aliphatic rings. The molecule has 0 aromatic heterocycles. The number of allylic oxidation sites excluding steroid dienone is 1. The number of aliphatic hydroxyl groups excluding tert-OH is 1. The second-order valence-electron chi connectivity index (χ2n) is 3.98. The van der Waals surface area contributed by atoms with Gasteiger partial charge in [-0.2, -0.15) is 0 Å². The maximum Gasteiger partial charge on any atom is 0.0953 e. The van der Waals surface area contributed by atoms with E-state index < -0.39 is 6.10 Å². The van der Waals surface area contributed by atoms with Crippen molar-refractivity contribution >= 4 is 6.21 Å². The van der Waals surface area contributed by atoms with E-state index in [4.69, 9.17) is 0 Å². The zero-order valence-corrected chi connectivity index (χ0v) is 7.28. The molecular weight excluding hydrogens is 138 g/mol. The van der Waals surface area contributed by atoms with Gasteiger partial charge in [-0.05, 0) is 11.5 Å². The van der Waals surface area contributed by atoms with Crippen molar-refractivity contribution in [2.24, 2.45) is 10.4 Å². The molecule has 0 aliphatic carbocycles. The molecule has 0 spiro atoms. The van der Waals surface area contributed by atoms with Crippen LogP contribution in [0.4, 0.5) is 0 Å². The Kier molecular flexibility index (Phi) is 2.14. The van der Waals surface area contributed by atoms with E-state index in [-0.39, 0.29) is 11.5 Å². The maximum absolute atomic E-state index is 9.50. The highest BCUT2D eigenvalue weighted by Gasteiger charge is 2.29. The predicted octanol–water partition coefficient (Wildman–Crippen LogP) is 1.40. The second-order valence-corrected chi connectivity index (χ2v) is 3.98. The molecule has 2 heteroatoms. The normalized spacial score (nSPS) is 30.9. The van der Waals surface area contributed by atoms with Crippen molar-refractivity contribution in [3.8, 4) is 0 Å². The van der Waals surface area contributed by atoms with Crippen LogP contribution in [0, 0.1) is 5.41 Å². The van der Waals surface area contributed by atoms with Gasteiger partial charge < -0.3 is 5.11 Å². The topological polar surface area (TPSA) is 32.6 Å². The number of hydrogen-bond donors (Lipinski definition) is 1. The molecule has 2 nitrogen and oxygen atoms in total. The summed E-state index contributed by atoms with van der Waals surface area (Å²) in [6.45, 7) is 6.24. The van der Waals surface area contributed by atoms with Gasteiger partial charge in [-0.3, -0.25) is 4.99 Å². The molecule has 11 heavy (non-hydrogen) atoms. The van der Waals surface area contributed by atoms with E-state index in [1.165, 1.54) is 0 Å². The van der Waals surface area contributed by atoms with Crippen LogP contribution in [0.5, 0.6) is 0 Å². The van der Waals surface area contributed by atoms with E-state index >= 15 is 0 Å². The predicted molar refractivity (Wildman–Crippen MR) is 46.9 cm³/mol. The third-order valence-electron chi connectivity index (χ3n) is 1.85. The first kappa shape index (κ1) is 8.47. The molecule has 0 aromatic carbocycles. The van der Waals surface area contributed by atoms with Gasteiger partial charge >= 0.3 is 0 Å². The second kappa shape index (κ2) is 2.78. The Labute approximate surface area is 67.7 Å². The van der Waals surface area contributed by atoms with Crippen LogP contribution in [0.15, 0.2) is 17.1 Å². The van der Waals surface area contributed by atoms with Gasteiger partial charge in [0.15, 0.2) is 0 Å². The van der Waals surface area contributed by atoms with Crippen molar-refractivity contribution in [1.82, 2.24) is 0 Å². The molecule has 0 saturated heterocycles. The first-order chi connectivity index (χ1) is 5.02. The third kappa shape index (κ3) is 1.90. The summed E-state index contributed by atoms with van der Waals surface area (Å²) >= 11 is 0. The quantitative estimate of drug-likeness (QED) is 0.560. The summed E-state index contributed by atoms with van der Waals surface area (Å²) in [5.74, 6) is 0. The molecule has 2 atom stereocenters. The SMILES string of the molecule is CC(C)(C)C1N=CC=CC1O. The lowest BCUT2D eigenvalue weighted by Gasteiger charge is -2.31. The lowest BCUT2D eigenvalue weighted by molar-refractivity contribution is 0.130. The average molecular weight is 153 g/mol. The molecule has 0 radical (unpaired) electrons. The van der Waals surface area contributed by atoms with Crippen molar-refractivity contribution in [3.63, 3.8) is 0 Å². The summed E-state index contributed by atoms with van der Waals surface area (Å²) in [6.07, 6.45) is 4.90. The van der Waals surface area contributed by atoms with Crippen LogP contribution < -0.4 is 0 Å². The highest BCUT2D eigenvalue weighted by atomic mass is 16.3. The molecule has 62 valence electrons. The van der Waals surface area contributed by atoms with Crippen LogP contribution in [0.25, 0.3) is 0 Å². The molecule has 1 rings (SSSR count). The zero-order chi connectivity index (χ0) is 8.48. The average Bonchev–Trinajstić information content (AvgIpc) is 1.86. The molecular formula is C9H15NO. The van der Waals surface area contributed by atoms with Gasteiger partial charge in [-0.1, -0.05) is 26.8 Å². The van der Waals surface area contributed by atoms with Crippen molar-refractivity contribution in [2.75, 3.05) is 0 Å². The van der Waals surface area contributed by atoms with Gasteiger partial charge in [0.2, 0.25) is 0 Å². The minimum absolute atomic E-state index is 0.00694. The van der Waals surface area contributed by atoms with Gasteiger partial charge in [0.1, 0.15) is 0 Å². The van der Waals surface area contributed by atoms with Crippen molar-refractivity contribution in [3.05, 3.63) is 12.2 Å². The van der Waals surface area contributed by atoms with Crippen LogP contribution in [-0.4, -0.2) is 23.5 Å². The molecule has 0 bridgehead atoms. The van der Waals surface area contributed by atoms with E-state index in [0.717, 1.165) is 0 Å². The van der Waals surface area contributed by atoms with E-state index in [9.17, 15) is 5.11 Å². The Morgan fingerprint density at radius 2 is 2.00 bits per heavy atom. The maximum atomic E-state index is 9.50. The lowest BCUT2D eigenvalue weighted by Crippen LogP contribution is -2.36. The monoisotopic (exact) mass is 153 g/mol. The molecule has 0 aromatic rings. The number of rotatable bonds is 0. The largest absolute Gasteiger partial charge is 0.387 e. The van der Waals surface area contributed by atoms with Gasteiger partial charge in [0.25, 0.3) is 0 Å². The highest BCUT2D eigenvalue weighted by Crippen LogP contribution is 2.26. The van der Waals surface area contributed by atoms with E-state index in [1.54, 1.807) is 18.4 Å². The molecule has 0 fully saturated rings. The smallest absolute Gasteiger partial charge is 0.0953 e. The first-order valence-corrected chi connectivity index (χ1v) is 3.90. The van der Waals surface area contributed by atoms with Crippen LogP contribution in [0.1, 0.15) is 20.8 Å². The fourth-order valence-electron chi connectivity index (χ4n) is 1.24. The van der Waals surface area contributed by atoms with Crippen LogP contribution in [0.2, 0.25) is 0 Å². The minimum atomic E-state index is -0.417. The molecule has 2 unspecified atom stereocenters. The summed E-state index contributed by atoms with van der Waals surface area (Å²) in [5, 5.41) is 9.50. The number of nitrogens with zero attached hydrogens (tertiary/aromatic N) is 1. The number of aliphatic hydroxyl groups is 1. The van der Waals surface area contributed by atoms with Crippen molar-refractivity contribution < 1.29 is 5.11 Å². The highest BCUT2D eigenvalue weighted by molar-refractivity contribution is 5.72. The molecule has 1 N–H and O–H groups in total. The van der Waals surface area contributed by atoms with E-state index in [1.807, 2.05) is 0 Å². The van der Waals surface area contributed by atoms with Gasteiger partial charge in [0.05, 0.1) is 12.1 Å². The fraction of sp³-hybridized carbons (Fsp3) is 0.667. The Balaban J connectivity index is 2.74. The summed E-state index contributed by atoms with van der Waals surface area (Å²) in [6, 6.07) is 0.00694. The molecule has 0 saturated carbocycles. The minimum Gasteiger partial charge on any atom is -0.387 e. The summed E-state index contributed by atoms with van der Waals surface area (Å²) < 4.78 is 0. The van der Waals surface area contributed by atoms with Crippen molar-refractivity contribution in [2.45, 2.75) is 32.9 Å². The summed E-state index contributed by atoms with van der Waals surface area (Å²) in [7, 11) is 0. The number of hydrogen-bond acceptors (Lipinski definition) is 2. The molecule has 1 aliphatic heterocycles.